The highest BCUT2D eigenvalue weighted by molar-refractivity contribution is 14.1. The second kappa shape index (κ2) is 7.16. The Kier molecular flexibility index (Phi) is 5.17. The molecule has 5 nitrogen and oxygen atoms in total. The van der Waals surface area contributed by atoms with E-state index in [9.17, 15) is 9.18 Å². The monoisotopic (exact) mass is 442 g/mol. The van der Waals surface area contributed by atoms with Gasteiger partial charge in [-0.05, 0) is 67.5 Å². The molecule has 0 spiro atoms. The Morgan fingerprint density at radius 3 is 2.96 bits per heavy atom. The van der Waals surface area contributed by atoms with Gasteiger partial charge in [0, 0.05) is 28.6 Å². The summed E-state index contributed by atoms with van der Waals surface area (Å²) in [6.45, 7) is 5.47. The number of likely N-dealkylation sites (tertiary alicyclic amines) is 1. The largest absolute Gasteiger partial charge is 0.338 e. The Morgan fingerprint density at radius 1 is 1.42 bits per heavy atom. The average Bonchev–Trinajstić information content (AvgIpc) is 3.06. The first-order valence-electron chi connectivity index (χ1n) is 8.11. The Morgan fingerprint density at radius 2 is 2.21 bits per heavy atom. The van der Waals surface area contributed by atoms with Crippen molar-refractivity contribution in [3.63, 3.8) is 0 Å². The van der Waals surface area contributed by atoms with E-state index >= 15 is 0 Å². The molecule has 2 heterocycles. The summed E-state index contributed by atoms with van der Waals surface area (Å²) in [7, 11) is 0. The van der Waals surface area contributed by atoms with Crippen LogP contribution in [0.15, 0.2) is 24.5 Å². The van der Waals surface area contributed by atoms with Gasteiger partial charge in [0.1, 0.15) is 18.0 Å². The van der Waals surface area contributed by atoms with Crippen LogP contribution in [0.4, 0.5) is 4.39 Å². The van der Waals surface area contributed by atoms with Crippen LogP contribution < -0.4 is 0 Å². The molecule has 1 atom stereocenters. The first-order chi connectivity index (χ1) is 11.5. The van der Waals surface area contributed by atoms with Crippen LogP contribution in [0.1, 0.15) is 54.8 Å². The van der Waals surface area contributed by atoms with Crippen LogP contribution in [-0.4, -0.2) is 38.7 Å². The van der Waals surface area contributed by atoms with Gasteiger partial charge in [0.15, 0.2) is 0 Å². The van der Waals surface area contributed by atoms with Gasteiger partial charge in [-0.25, -0.2) is 4.39 Å². The van der Waals surface area contributed by atoms with Crippen LogP contribution in [0.5, 0.6) is 0 Å². The molecule has 0 radical (unpaired) electrons. The van der Waals surface area contributed by atoms with E-state index in [2.05, 4.69) is 51.2 Å². The number of carbonyl (C=O) groups excluding carboxylic acids is 1. The molecule has 1 aromatic heterocycles. The maximum absolute atomic E-state index is 13.5. The van der Waals surface area contributed by atoms with E-state index in [1.165, 1.54) is 12.1 Å². The quantitative estimate of drug-likeness (QED) is 0.683. The number of amides is 1. The second-order valence-corrected chi connectivity index (χ2v) is 7.57. The van der Waals surface area contributed by atoms with Crippen molar-refractivity contribution in [2.45, 2.75) is 38.6 Å². The fourth-order valence-electron chi connectivity index (χ4n) is 3.15. The Balaban J connectivity index is 1.81. The van der Waals surface area contributed by atoms with Crippen molar-refractivity contribution in [2.24, 2.45) is 0 Å². The molecule has 0 aliphatic carbocycles. The number of rotatable bonds is 3. The van der Waals surface area contributed by atoms with Gasteiger partial charge in [-0.3, -0.25) is 4.79 Å². The molecule has 1 aliphatic heterocycles. The molecular formula is C17H20FIN4O. The molecule has 3 rings (SSSR count). The summed E-state index contributed by atoms with van der Waals surface area (Å²) in [5.74, 6) is 0.598. The molecule has 2 aromatic rings. The van der Waals surface area contributed by atoms with Crippen molar-refractivity contribution in [3.8, 4) is 0 Å². The van der Waals surface area contributed by atoms with Crippen molar-refractivity contribution in [1.29, 1.82) is 0 Å². The lowest BCUT2D eigenvalue weighted by atomic mass is 9.96. The number of piperidine rings is 1. The molecule has 1 unspecified atom stereocenters. The van der Waals surface area contributed by atoms with Gasteiger partial charge in [-0.2, -0.15) is 0 Å². The van der Waals surface area contributed by atoms with Gasteiger partial charge < -0.3 is 9.47 Å². The van der Waals surface area contributed by atoms with E-state index in [1.54, 1.807) is 12.4 Å². The molecule has 128 valence electrons. The number of hydrogen-bond acceptors (Lipinski definition) is 3. The van der Waals surface area contributed by atoms with Crippen LogP contribution in [0.3, 0.4) is 0 Å². The molecule has 1 aromatic carbocycles. The smallest absolute Gasteiger partial charge is 0.255 e. The zero-order valence-corrected chi connectivity index (χ0v) is 15.9. The van der Waals surface area contributed by atoms with Crippen molar-refractivity contribution in [3.05, 3.63) is 45.3 Å². The Labute approximate surface area is 154 Å². The molecule has 1 aliphatic rings. The molecule has 24 heavy (non-hydrogen) atoms. The van der Waals surface area contributed by atoms with E-state index in [-0.39, 0.29) is 23.7 Å². The number of hydrogen-bond donors (Lipinski definition) is 0. The molecule has 7 heteroatoms. The lowest BCUT2D eigenvalue weighted by Crippen LogP contribution is -2.40. The summed E-state index contributed by atoms with van der Waals surface area (Å²) in [4.78, 5) is 14.6. The van der Waals surface area contributed by atoms with E-state index in [0.29, 0.717) is 18.7 Å². The summed E-state index contributed by atoms with van der Waals surface area (Å²) >= 11 is 2.08. The van der Waals surface area contributed by atoms with Crippen molar-refractivity contribution >= 4 is 28.5 Å². The maximum atomic E-state index is 13.5. The fraction of sp³-hybridized carbons (Fsp3) is 0.471. The summed E-state index contributed by atoms with van der Waals surface area (Å²) in [6.07, 6.45) is 3.64. The molecule has 1 fully saturated rings. The Bertz CT molecular complexity index is 746. The van der Waals surface area contributed by atoms with Crippen molar-refractivity contribution in [1.82, 2.24) is 19.7 Å². The highest BCUT2D eigenvalue weighted by Gasteiger charge is 2.29. The zero-order valence-electron chi connectivity index (χ0n) is 13.7. The number of aromatic nitrogens is 3. The van der Waals surface area contributed by atoms with Gasteiger partial charge in [0.25, 0.3) is 5.91 Å². The lowest BCUT2D eigenvalue weighted by molar-refractivity contribution is 0.0701. The van der Waals surface area contributed by atoms with Gasteiger partial charge in [0.05, 0.1) is 5.56 Å². The molecule has 1 amide bonds. The predicted molar refractivity (Wildman–Crippen MR) is 97.4 cm³/mol. The lowest BCUT2D eigenvalue weighted by Gasteiger charge is -2.33. The molecular weight excluding hydrogens is 422 g/mol. The maximum Gasteiger partial charge on any atom is 0.255 e. The van der Waals surface area contributed by atoms with Crippen LogP contribution in [0.25, 0.3) is 0 Å². The third-order valence-corrected chi connectivity index (χ3v) is 5.33. The molecule has 1 saturated heterocycles. The van der Waals surface area contributed by atoms with E-state index in [1.807, 2.05) is 4.90 Å². The summed E-state index contributed by atoms with van der Waals surface area (Å²) in [5.41, 5.74) is 0.432. The molecule has 0 saturated carbocycles. The number of nitrogens with zero attached hydrogens (tertiary/aromatic N) is 4. The fourth-order valence-corrected chi connectivity index (χ4v) is 3.71. The number of benzene rings is 1. The van der Waals surface area contributed by atoms with Crippen LogP contribution in [0.2, 0.25) is 0 Å². The van der Waals surface area contributed by atoms with Gasteiger partial charge in [-0.1, -0.05) is 0 Å². The third kappa shape index (κ3) is 3.45. The zero-order chi connectivity index (χ0) is 17.3. The number of halogens is 2. The average molecular weight is 442 g/mol. The minimum atomic E-state index is -0.383. The van der Waals surface area contributed by atoms with Crippen molar-refractivity contribution in [2.75, 3.05) is 13.1 Å². The summed E-state index contributed by atoms with van der Waals surface area (Å²) in [5, 5.41) is 8.30. The van der Waals surface area contributed by atoms with Crippen LogP contribution in [-0.2, 0) is 0 Å². The normalized spacial score (nSPS) is 18.2. The van der Waals surface area contributed by atoms with E-state index in [0.717, 1.165) is 22.2 Å². The SMILES string of the molecule is CC(C)n1cnnc1C1CCCN(C(=O)c2cc(F)ccc2I)C1. The van der Waals surface area contributed by atoms with Gasteiger partial charge in [0.2, 0.25) is 0 Å². The minimum Gasteiger partial charge on any atom is -0.338 e. The topological polar surface area (TPSA) is 51.0 Å². The van der Waals surface area contributed by atoms with Crippen molar-refractivity contribution < 1.29 is 9.18 Å². The van der Waals surface area contributed by atoms with E-state index in [4.69, 9.17) is 0 Å². The predicted octanol–water partition coefficient (Wildman–Crippen LogP) is 3.62. The van der Waals surface area contributed by atoms with Crippen LogP contribution >= 0.6 is 22.6 Å². The van der Waals surface area contributed by atoms with Gasteiger partial charge in [-0.15, -0.1) is 10.2 Å². The Hall–Kier alpha value is -1.51. The van der Waals surface area contributed by atoms with Crippen LogP contribution in [0, 0.1) is 9.39 Å². The molecule has 0 bridgehead atoms. The first kappa shape index (κ1) is 17.3. The summed E-state index contributed by atoms with van der Waals surface area (Å²) < 4.78 is 16.4. The highest BCUT2D eigenvalue weighted by atomic mass is 127. The summed E-state index contributed by atoms with van der Waals surface area (Å²) in [6, 6.07) is 4.62. The van der Waals surface area contributed by atoms with E-state index < -0.39 is 0 Å². The molecule has 0 N–H and O–H groups in total. The minimum absolute atomic E-state index is 0.112. The second-order valence-electron chi connectivity index (χ2n) is 6.40. The standard InChI is InChI=1S/C17H20FIN4O/c1-11(2)23-10-20-21-16(23)12-4-3-7-22(9-12)17(24)14-8-13(18)5-6-15(14)19/h5-6,8,10-12H,3-4,7,9H2,1-2H3. The highest BCUT2D eigenvalue weighted by Crippen LogP contribution is 2.28. The third-order valence-electron chi connectivity index (χ3n) is 4.39. The van der Waals surface area contributed by atoms with Gasteiger partial charge >= 0.3 is 0 Å². The first-order valence-corrected chi connectivity index (χ1v) is 9.19. The number of carbonyl (C=O) groups is 1.